The van der Waals surface area contributed by atoms with Crippen LogP contribution in [0.15, 0.2) is 36.4 Å². The summed E-state index contributed by atoms with van der Waals surface area (Å²) in [4.78, 5) is 26.9. The van der Waals surface area contributed by atoms with Gasteiger partial charge in [-0.3, -0.25) is 4.79 Å². The number of hydrogen-bond donors (Lipinski definition) is 2. The molecular formula is C25H33NO4S. The van der Waals surface area contributed by atoms with Gasteiger partial charge in [0.05, 0.1) is 6.10 Å². The van der Waals surface area contributed by atoms with Gasteiger partial charge in [-0.15, -0.1) is 11.3 Å². The van der Waals surface area contributed by atoms with E-state index in [9.17, 15) is 14.7 Å². The van der Waals surface area contributed by atoms with Gasteiger partial charge < -0.3 is 15.1 Å². The number of aliphatic hydroxyl groups excluding tert-OH is 1. The fraction of sp³-hybridized carbons (Fsp3) is 0.520. The molecule has 6 heteroatoms. The minimum absolute atomic E-state index is 0.155. The molecular weight excluding hydrogens is 410 g/mol. The van der Waals surface area contributed by atoms with E-state index in [2.05, 4.69) is 6.92 Å². The number of carboxylic acids is 1. The molecule has 1 aliphatic heterocycles. The van der Waals surface area contributed by atoms with Crippen LogP contribution in [0.2, 0.25) is 0 Å². The zero-order valence-corrected chi connectivity index (χ0v) is 19.1. The molecule has 2 aromatic rings. The first kappa shape index (κ1) is 23.5. The minimum Gasteiger partial charge on any atom is -0.477 e. The Morgan fingerprint density at radius 3 is 2.58 bits per heavy atom. The molecule has 2 heterocycles. The van der Waals surface area contributed by atoms with E-state index in [0.29, 0.717) is 11.3 Å². The highest BCUT2D eigenvalue weighted by Crippen LogP contribution is 2.31. The molecule has 2 atom stereocenters. The summed E-state index contributed by atoms with van der Waals surface area (Å²) in [6, 6.07) is 11.5. The number of benzene rings is 1. The Morgan fingerprint density at radius 1 is 1.13 bits per heavy atom. The molecule has 0 radical (unpaired) electrons. The van der Waals surface area contributed by atoms with Crippen molar-refractivity contribution in [3.8, 4) is 0 Å². The fourth-order valence-electron chi connectivity index (χ4n) is 4.30. The number of amides is 1. The molecule has 1 amide bonds. The zero-order valence-electron chi connectivity index (χ0n) is 18.3. The summed E-state index contributed by atoms with van der Waals surface area (Å²) < 4.78 is 0. The zero-order chi connectivity index (χ0) is 22.2. The van der Waals surface area contributed by atoms with Crippen LogP contribution < -0.4 is 4.90 Å². The number of aliphatic hydroxyl groups is 1. The molecule has 31 heavy (non-hydrogen) atoms. The number of aromatic carboxylic acids is 1. The highest BCUT2D eigenvalue weighted by atomic mass is 32.1. The van der Waals surface area contributed by atoms with Crippen molar-refractivity contribution in [3.63, 3.8) is 0 Å². The van der Waals surface area contributed by atoms with E-state index < -0.39 is 12.1 Å². The van der Waals surface area contributed by atoms with Crippen LogP contribution >= 0.6 is 11.3 Å². The number of hydrogen-bond acceptors (Lipinski definition) is 4. The summed E-state index contributed by atoms with van der Waals surface area (Å²) in [5.74, 6) is -0.722. The molecule has 3 rings (SSSR count). The third-order valence-corrected chi connectivity index (χ3v) is 7.18. The summed E-state index contributed by atoms with van der Waals surface area (Å²) in [5.41, 5.74) is 1.81. The normalized spacial score (nSPS) is 17.3. The van der Waals surface area contributed by atoms with E-state index in [0.717, 1.165) is 61.1 Å². The van der Waals surface area contributed by atoms with E-state index in [1.54, 1.807) is 6.07 Å². The maximum absolute atomic E-state index is 12.5. The number of carbonyl (C=O) groups excluding carboxylic acids is 1. The quantitative estimate of drug-likeness (QED) is 0.396. The molecule has 1 saturated heterocycles. The fourth-order valence-corrected chi connectivity index (χ4v) is 5.19. The lowest BCUT2D eigenvalue weighted by Gasteiger charge is -2.25. The Bertz CT molecular complexity index is 861. The first-order valence-electron chi connectivity index (χ1n) is 11.4. The molecule has 1 aliphatic rings. The maximum Gasteiger partial charge on any atom is 0.345 e. The van der Waals surface area contributed by atoms with Gasteiger partial charge in [0.25, 0.3) is 0 Å². The summed E-state index contributed by atoms with van der Waals surface area (Å²) in [6.45, 7) is 2.18. The lowest BCUT2D eigenvalue weighted by molar-refractivity contribution is -0.117. The largest absolute Gasteiger partial charge is 0.477 e. The second-order valence-corrected chi connectivity index (χ2v) is 9.54. The van der Waals surface area contributed by atoms with Crippen LogP contribution in [0, 0.1) is 0 Å². The van der Waals surface area contributed by atoms with Gasteiger partial charge in [-0.1, -0.05) is 44.7 Å². The number of nitrogens with zero attached hydrogens (tertiary/aromatic N) is 1. The number of anilines is 1. The summed E-state index contributed by atoms with van der Waals surface area (Å²) in [5, 5.41) is 19.5. The predicted molar refractivity (Wildman–Crippen MR) is 125 cm³/mol. The number of aryl methyl sites for hydroxylation is 1. The Labute approximate surface area is 188 Å². The van der Waals surface area contributed by atoms with Crippen LogP contribution in [-0.2, 0) is 11.2 Å². The van der Waals surface area contributed by atoms with Crippen molar-refractivity contribution in [2.45, 2.75) is 83.3 Å². The predicted octanol–water partition coefficient (Wildman–Crippen LogP) is 5.97. The van der Waals surface area contributed by atoms with E-state index in [1.165, 1.54) is 24.2 Å². The molecule has 1 unspecified atom stereocenters. The van der Waals surface area contributed by atoms with Gasteiger partial charge in [0, 0.05) is 23.0 Å². The lowest BCUT2D eigenvalue weighted by Crippen LogP contribution is -2.32. The number of rotatable bonds is 12. The van der Waals surface area contributed by atoms with Gasteiger partial charge in [0.1, 0.15) is 4.88 Å². The van der Waals surface area contributed by atoms with Gasteiger partial charge in [-0.2, -0.15) is 0 Å². The van der Waals surface area contributed by atoms with E-state index in [1.807, 2.05) is 35.2 Å². The van der Waals surface area contributed by atoms with E-state index in [4.69, 9.17) is 5.11 Å². The van der Waals surface area contributed by atoms with E-state index >= 15 is 0 Å². The van der Waals surface area contributed by atoms with Crippen molar-refractivity contribution >= 4 is 28.9 Å². The van der Waals surface area contributed by atoms with Crippen molar-refractivity contribution in [2.75, 3.05) is 4.90 Å². The van der Waals surface area contributed by atoms with Crippen LogP contribution in [0.5, 0.6) is 0 Å². The molecule has 0 saturated carbocycles. The van der Waals surface area contributed by atoms with Crippen molar-refractivity contribution < 1.29 is 19.8 Å². The van der Waals surface area contributed by atoms with Gasteiger partial charge in [-0.25, -0.2) is 4.79 Å². The lowest BCUT2D eigenvalue weighted by atomic mass is 10.0. The maximum atomic E-state index is 12.5. The first-order chi connectivity index (χ1) is 15.0. The molecule has 168 valence electrons. The van der Waals surface area contributed by atoms with Crippen molar-refractivity contribution in [1.82, 2.24) is 0 Å². The third kappa shape index (κ3) is 6.40. The highest BCUT2D eigenvalue weighted by Gasteiger charge is 2.31. The van der Waals surface area contributed by atoms with Crippen molar-refractivity contribution in [1.29, 1.82) is 0 Å². The average Bonchev–Trinajstić information content (AvgIpc) is 3.38. The standard InChI is InChI=1S/C25H33NO4S/c1-2-3-4-5-9-22(27)18-10-12-20(13-11-18)26-19(14-17-24(26)28)7-6-8-21-15-16-23(31-21)25(29)30/h10-13,15-16,19,22,27H,2-9,14,17H2,1H3,(H,29,30)/t19-,22?/m1/s1. The smallest absolute Gasteiger partial charge is 0.345 e. The molecule has 0 bridgehead atoms. The summed E-state index contributed by atoms with van der Waals surface area (Å²) in [6.07, 6.45) is 8.97. The second-order valence-electron chi connectivity index (χ2n) is 8.38. The van der Waals surface area contributed by atoms with Crippen LogP contribution in [0.25, 0.3) is 0 Å². The number of carboxylic acid groups (broad SMARTS) is 1. The summed E-state index contributed by atoms with van der Waals surface area (Å²) >= 11 is 1.33. The Hall–Kier alpha value is -2.18. The van der Waals surface area contributed by atoms with Crippen LogP contribution in [0.1, 0.15) is 90.9 Å². The Morgan fingerprint density at radius 2 is 1.90 bits per heavy atom. The molecule has 1 aromatic heterocycles. The second kappa shape index (κ2) is 11.4. The number of thiophene rings is 1. The van der Waals surface area contributed by atoms with Crippen LogP contribution in [0.3, 0.4) is 0 Å². The molecule has 1 aromatic carbocycles. The topological polar surface area (TPSA) is 77.8 Å². The molecule has 0 aliphatic carbocycles. The third-order valence-electron chi connectivity index (χ3n) is 6.05. The monoisotopic (exact) mass is 443 g/mol. The van der Waals surface area contributed by atoms with Gasteiger partial charge in [0.2, 0.25) is 5.91 Å². The Kier molecular flexibility index (Phi) is 8.67. The van der Waals surface area contributed by atoms with E-state index in [-0.39, 0.29) is 11.9 Å². The Balaban J connectivity index is 1.54. The molecule has 0 spiro atoms. The minimum atomic E-state index is -0.877. The van der Waals surface area contributed by atoms with Crippen molar-refractivity contribution in [3.05, 3.63) is 51.7 Å². The number of carbonyl (C=O) groups is 2. The first-order valence-corrected chi connectivity index (χ1v) is 12.2. The average molecular weight is 444 g/mol. The van der Waals surface area contributed by atoms with Crippen LogP contribution in [0.4, 0.5) is 5.69 Å². The summed E-state index contributed by atoms with van der Waals surface area (Å²) in [7, 11) is 0. The van der Waals surface area contributed by atoms with Gasteiger partial charge in [-0.05, 0) is 61.9 Å². The van der Waals surface area contributed by atoms with Crippen LogP contribution in [-0.4, -0.2) is 28.1 Å². The highest BCUT2D eigenvalue weighted by molar-refractivity contribution is 7.13. The van der Waals surface area contributed by atoms with Gasteiger partial charge >= 0.3 is 5.97 Å². The molecule has 2 N–H and O–H groups in total. The van der Waals surface area contributed by atoms with Gasteiger partial charge in [0.15, 0.2) is 0 Å². The molecule has 1 fully saturated rings. The SMILES string of the molecule is CCCCCCC(O)c1ccc(N2C(=O)CC[C@H]2CCCc2ccc(C(=O)O)s2)cc1. The molecule has 5 nitrogen and oxygen atoms in total. The number of unbranched alkanes of at least 4 members (excludes halogenated alkanes) is 3. The van der Waals surface area contributed by atoms with Crippen molar-refractivity contribution in [2.24, 2.45) is 0 Å².